The third-order valence-corrected chi connectivity index (χ3v) is 4.44. The lowest BCUT2D eigenvalue weighted by Gasteiger charge is -2.31. The number of benzene rings is 2. The summed E-state index contributed by atoms with van der Waals surface area (Å²) in [5.41, 5.74) is 2.62. The van der Waals surface area contributed by atoms with Crippen molar-refractivity contribution in [3.63, 3.8) is 0 Å². The van der Waals surface area contributed by atoms with E-state index in [1.807, 2.05) is 30.3 Å². The molecule has 2 aromatic rings. The minimum Gasteiger partial charge on any atom is -0.489 e. The average molecular weight is 325 g/mol. The number of hydrogen-bond donors (Lipinski definition) is 0. The van der Waals surface area contributed by atoms with Crippen LogP contribution in [0.3, 0.4) is 0 Å². The van der Waals surface area contributed by atoms with Crippen LogP contribution in [0.15, 0.2) is 54.6 Å². The highest BCUT2D eigenvalue weighted by molar-refractivity contribution is 5.24. The summed E-state index contributed by atoms with van der Waals surface area (Å²) in [4.78, 5) is 2.51. The molecule has 0 aliphatic carbocycles. The topological polar surface area (TPSA) is 21.7 Å². The van der Waals surface area contributed by atoms with Crippen LogP contribution < -0.4 is 4.74 Å². The second-order valence-corrected chi connectivity index (χ2v) is 6.50. The van der Waals surface area contributed by atoms with Crippen molar-refractivity contribution < 1.29 is 9.47 Å². The van der Waals surface area contributed by atoms with E-state index in [1.54, 1.807) is 0 Å². The first kappa shape index (κ1) is 17.0. The maximum Gasteiger partial charge on any atom is 0.119 e. The van der Waals surface area contributed by atoms with Gasteiger partial charge in [0.2, 0.25) is 0 Å². The van der Waals surface area contributed by atoms with Gasteiger partial charge in [-0.3, -0.25) is 4.90 Å². The van der Waals surface area contributed by atoms with Gasteiger partial charge in [0.05, 0.1) is 12.7 Å². The largest absolute Gasteiger partial charge is 0.489 e. The fourth-order valence-corrected chi connectivity index (χ4v) is 3.09. The molecule has 0 bridgehead atoms. The van der Waals surface area contributed by atoms with Crippen LogP contribution in [0.4, 0.5) is 0 Å². The molecule has 0 aromatic heterocycles. The van der Waals surface area contributed by atoms with Crippen molar-refractivity contribution >= 4 is 0 Å². The van der Waals surface area contributed by atoms with Crippen LogP contribution in [0.5, 0.6) is 5.75 Å². The molecule has 1 heterocycles. The minimum atomic E-state index is 0.377. The Kier molecular flexibility index (Phi) is 6.27. The highest BCUT2D eigenvalue weighted by Gasteiger charge is 2.15. The van der Waals surface area contributed by atoms with Gasteiger partial charge < -0.3 is 9.47 Å². The third-order valence-electron chi connectivity index (χ3n) is 4.44. The van der Waals surface area contributed by atoms with E-state index in [9.17, 15) is 0 Å². The molecule has 1 fully saturated rings. The maximum absolute atomic E-state index is 5.78. The van der Waals surface area contributed by atoms with Crippen LogP contribution in [0.1, 0.15) is 24.5 Å². The summed E-state index contributed by atoms with van der Waals surface area (Å²) in [6.45, 7) is 6.94. The molecule has 128 valence electrons. The predicted molar refractivity (Wildman–Crippen MR) is 97.4 cm³/mol. The molecule has 1 saturated heterocycles. The zero-order chi connectivity index (χ0) is 16.6. The molecule has 3 rings (SSSR count). The first-order valence-electron chi connectivity index (χ1n) is 8.89. The minimum absolute atomic E-state index is 0.377. The summed E-state index contributed by atoms with van der Waals surface area (Å²) in [6, 6.07) is 18.8. The van der Waals surface area contributed by atoms with E-state index in [0.29, 0.717) is 12.7 Å². The Morgan fingerprint density at radius 1 is 1.04 bits per heavy atom. The van der Waals surface area contributed by atoms with Crippen LogP contribution in [-0.2, 0) is 17.8 Å². The van der Waals surface area contributed by atoms with Crippen LogP contribution in [0.25, 0.3) is 0 Å². The van der Waals surface area contributed by atoms with Crippen LogP contribution in [-0.4, -0.2) is 37.2 Å². The van der Waals surface area contributed by atoms with Crippen molar-refractivity contribution in [2.45, 2.75) is 32.5 Å². The zero-order valence-corrected chi connectivity index (χ0v) is 14.5. The van der Waals surface area contributed by atoms with E-state index in [4.69, 9.17) is 9.47 Å². The van der Waals surface area contributed by atoms with Crippen molar-refractivity contribution in [2.24, 2.45) is 0 Å². The van der Waals surface area contributed by atoms with Gasteiger partial charge >= 0.3 is 0 Å². The predicted octanol–water partition coefficient (Wildman–Crippen LogP) is 3.92. The molecule has 2 aromatic carbocycles. The van der Waals surface area contributed by atoms with E-state index in [1.165, 1.54) is 17.5 Å². The molecule has 3 heteroatoms. The molecule has 1 aliphatic rings. The Morgan fingerprint density at radius 3 is 2.54 bits per heavy atom. The van der Waals surface area contributed by atoms with Gasteiger partial charge in [0.1, 0.15) is 12.4 Å². The molecule has 24 heavy (non-hydrogen) atoms. The van der Waals surface area contributed by atoms with Crippen LogP contribution >= 0.6 is 0 Å². The molecular formula is C21H27NO2. The summed E-state index contributed by atoms with van der Waals surface area (Å²) in [5.74, 6) is 0.918. The number of hydrogen-bond acceptors (Lipinski definition) is 3. The number of morpholine rings is 1. The standard InChI is InChI=1S/C21H27NO2/c1-18-16-22(14-15-23-18)13-5-6-19-9-11-20(12-10-19)17-24-21-7-3-2-4-8-21/h2-4,7-12,18H,5-6,13-17H2,1H3/t18-/m1/s1. The van der Waals surface area contributed by atoms with Crippen LogP contribution in [0, 0.1) is 0 Å². The Hall–Kier alpha value is -1.84. The number of ether oxygens (including phenoxy) is 2. The molecule has 0 amide bonds. The van der Waals surface area contributed by atoms with Crippen molar-refractivity contribution in [2.75, 3.05) is 26.2 Å². The van der Waals surface area contributed by atoms with Gasteiger partial charge in [0, 0.05) is 13.1 Å². The smallest absolute Gasteiger partial charge is 0.119 e. The fourth-order valence-electron chi connectivity index (χ4n) is 3.09. The summed E-state index contributed by atoms with van der Waals surface area (Å²) in [7, 11) is 0. The van der Waals surface area contributed by atoms with Gasteiger partial charge in [0.25, 0.3) is 0 Å². The average Bonchev–Trinajstić information content (AvgIpc) is 2.62. The molecule has 0 unspecified atom stereocenters. The van der Waals surface area contributed by atoms with Gasteiger partial charge in [-0.1, -0.05) is 42.5 Å². The SMILES string of the molecule is C[C@@H]1CN(CCCc2ccc(COc3ccccc3)cc2)CCO1. The highest BCUT2D eigenvalue weighted by Crippen LogP contribution is 2.13. The number of para-hydroxylation sites is 1. The molecule has 1 atom stereocenters. The second kappa shape index (κ2) is 8.86. The van der Waals surface area contributed by atoms with Gasteiger partial charge in [-0.2, -0.15) is 0 Å². The van der Waals surface area contributed by atoms with Crippen LogP contribution in [0.2, 0.25) is 0 Å². The lowest BCUT2D eigenvalue weighted by Crippen LogP contribution is -2.41. The molecule has 0 radical (unpaired) electrons. The van der Waals surface area contributed by atoms with E-state index >= 15 is 0 Å². The number of rotatable bonds is 7. The number of nitrogens with zero attached hydrogens (tertiary/aromatic N) is 1. The quantitative estimate of drug-likeness (QED) is 0.770. The molecular weight excluding hydrogens is 298 g/mol. The van der Waals surface area contributed by atoms with E-state index in [2.05, 4.69) is 36.1 Å². The van der Waals surface area contributed by atoms with E-state index in [0.717, 1.165) is 38.4 Å². The van der Waals surface area contributed by atoms with E-state index < -0.39 is 0 Å². The van der Waals surface area contributed by atoms with Crippen molar-refractivity contribution in [1.29, 1.82) is 0 Å². The Bertz CT molecular complexity index is 597. The summed E-state index contributed by atoms with van der Waals surface area (Å²) < 4.78 is 11.4. The molecule has 0 spiro atoms. The van der Waals surface area contributed by atoms with Gasteiger partial charge in [-0.05, 0) is 49.6 Å². The van der Waals surface area contributed by atoms with Gasteiger partial charge in [0.15, 0.2) is 0 Å². The van der Waals surface area contributed by atoms with Crippen molar-refractivity contribution in [3.8, 4) is 5.75 Å². The van der Waals surface area contributed by atoms with Gasteiger partial charge in [-0.15, -0.1) is 0 Å². The second-order valence-electron chi connectivity index (χ2n) is 6.50. The lowest BCUT2D eigenvalue weighted by molar-refractivity contribution is -0.0184. The van der Waals surface area contributed by atoms with Gasteiger partial charge in [-0.25, -0.2) is 0 Å². The summed E-state index contributed by atoms with van der Waals surface area (Å²) in [6.07, 6.45) is 2.71. The van der Waals surface area contributed by atoms with Crippen molar-refractivity contribution in [3.05, 3.63) is 65.7 Å². The molecule has 3 nitrogen and oxygen atoms in total. The summed E-state index contributed by atoms with van der Waals surface area (Å²) in [5, 5.41) is 0. The summed E-state index contributed by atoms with van der Waals surface area (Å²) >= 11 is 0. The molecule has 1 aliphatic heterocycles. The first-order chi connectivity index (χ1) is 11.8. The van der Waals surface area contributed by atoms with E-state index in [-0.39, 0.29) is 0 Å². The molecule has 0 saturated carbocycles. The monoisotopic (exact) mass is 325 g/mol. The highest BCUT2D eigenvalue weighted by atomic mass is 16.5. The Morgan fingerprint density at radius 2 is 1.79 bits per heavy atom. The lowest BCUT2D eigenvalue weighted by atomic mass is 10.1. The normalized spacial score (nSPS) is 18.5. The van der Waals surface area contributed by atoms with Crippen molar-refractivity contribution in [1.82, 2.24) is 4.90 Å². The third kappa shape index (κ3) is 5.36. The number of aryl methyl sites for hydroxylation is 1. The first-order valence-corrected chi connectivity index (χ1v) is 8.89. The Labute approximate surface area is 145 Å². The Balaban J connectivity index is 1.39. The maximum atomic E-state index is 5.78. The molecule has 0 N–H and O–H groups in total. The zero-order valence-electron chi connectivity index (χ0n) is 14.5. The fraction of sp³-hybridized carbons (Fsp3) is 0.429.